The Morgan fingerprint density at radius 3 is 2.94 bits per heavy atom. The summed E-state index contributed by atoms with van der Waals surface area (Å²) in [5.74, 6) is 1.33. The molecule has 0 amide bonds. The Morgan fingerprint density at radius 1 is 1.39 bits per heavy atom. The van der Waals surface area contributed by atoms with Crippen LogP contribution in [0.2, 0.25) is 0 Å². The van der Waals surface area contributed by atoms with Gasteiger partial charge in [0.1, 0.15) is 0 Å². The van der Waals surface area contributed by atoms with Gasteiger partial charge in [-0.05, 0) is 43.2 Å². The highest BCUT2D eigenvalue weighted by molar-refractivity contribution is 8.00. The molecule has 1 heterocycles. The minimum atomic E-state index is 0.520. The summed E-state index contributed by atoms with van der Waals surface area (Å²) in [5, 5.41) is 4.29. The Hall–Kier alpha value is -0.470. The quantitative estimate of drug-likeness (QED) is 0.855. The third kappa shape index (κ3) is 3.52. The Morgan fingerprint density at radius 2 is 2.28 bits per heavy atom. The number of hydrogen-bond acceptors (Lipinski definition) is 2. The molecular formula is C16H25NS. The van der Waals surface area contributed by atoms with Gasteiger partial charge in [-0.25, -0.2) is 0 Å². The van der Waals surface area contributed by atoms with Crippen LogP contribution in [-0.2, 0) is 6.42 Å². The third-order valence-electron chi connectivity index (χ3n) is 3.75. The van der Waals surface area contributed by atoms with Crippen molar-refractivity contribution in [2.75, 3.05) is 12.8 Å². The van der Waals surface area contributed by atoms with Crippen LogP contribution in [0.15, 0.2) is 24.3 Å². The van der Waals surface area contributed by atoms with Crippen LogP contribution in [0.25, 0.3) is 0 Å². The first-order chi connectivity index (χ1) is 8.85. The van der Waals surface area contributed by atoms with Crippen LogP contribution in [0.5, 0.6) is 0 Å². The van der Waals surface area contributed by atoms with Gasteiger partial charge < -0.3 is 5.32 Å². The van der Waals surface area contributed by atoms with Gasteiger partial charge in [-0.1, -0.05) is 44.0 Å². The fourth-order valence-electron chi connectivity index (χ4n) is 2.83. The van der Waals surface area contributed by atoms with E-state index in [-0.39, 0.29) is 0 Å². The molecule has 2 atom stereocenters. The van der Waals surface area contributed by atoms with E-state index in [1.165, 1.54) is 49.0 Å². The molecule has 1 fully saturated rings. The Balaban J connectivity index is 2.12. The summed E-state index contributed by atoms with van der Waals surface area (Å²) in [6, 6.07) is 9.69. The number of thioether (sulfide) groups is 1. The molecule has 1 aromatic rings. The molecular weight excluding hydrogens is 238 g/mol. The summed E-state index contributed by atoms with van der Waals surface area (Å²) >= 11 is 2.15. The largest absolute Gasteiger partial charge is 0.312 e. The average Bonchev–Trinajstić information content (AvgIpc) is 2.42. The van der Waals surface area contributed by atoms with Crippen molar-refractivity contribution in [1.82, 2.24) is 5.32 Å². The smallest absolute Gasteiger partial charge is 0.0438 e. The molecule has 2 rings (SSSR count). The Kier molecular flexibility index (Phi) is 5.58. The normalized spacial score (nSPS) is 21.8. The van der Waals surface area contributed by atoms with E-state index in [0.717, 1.165) is 5.25 Å². The predicted molar refractivity (Wildman–Crippen MR) is 82.3 cm³/mol. The summed E-state index contributed by atoms with van der Waals surface area (Å²) < 4.78 is 0. The minimum absolute atomic E-state index is 0.520. The molecule has 100 valence electrons. The van der Waals surface area contributed by atoms with Crippen molar-refractivity contribution in [3.63, 3.8) is 0 Å². The van der Waals surface area contributed by atoms with Crippen molar-refractivity contribution in [2.45, 2.75) is 50.3 Å². The first kappa shape index (κ1) is 14.0. The van der Waals surface area contributed by atoms with Gasteiger partial charge in [0.25, 0.3) is 0 Å². The maximum absolute atomic E-state index is 3.54. The van der Waals surface area contributed by atoms with Crippen molar-refractivity contribution in [3.8, 4) is 0 Å². The van der Waals surface area contributed by atoms with Crippen molar-refractivity contribution >= 4 is 11.8 Å². The molecule has 1 aromatic carbocycles. The monoisotopic (exact) mass is 263 g/mol. The van der Waals surface area contributed by atoms with E-state index in [1.54, 1.807) is 0 Å². The molecule has 2 unspecified atom stereocenters. The van der Waals surface area contributed by atoms with Crippen LogP contribution in [-0.4, -0.2) is 18.1 Å². The van der Waals surface area contributed by atoms with Crippen LogP contribution in [0.3, 0.4) is 0 Å². The highest BCUT2D eigenvalue weighted by Gasteiger charge is 2.24. The van der Waals surface area contributed by atoms with Gasteiger partial charge >= 0.3 is 0 Å². The van der Waals surface area contributed by atoms with E-state index >= 15 is 0 Å². The zero-order valence-corrected chi connectivity index (χ0v) is 12.4. The van der Waals surface area contributed by atoms with Crippen LogP contribution >= 0.6 is 11.8 Å². The molecule has 1 N–H and O–H groups in total. The predicted octanol–water partition coefficient (Wildman–Crippen LogP) is 4.19. The average molecular weight is 263 g/mol. The lowest BCUT2D eigenvalue weighted by atomic mass is 9.97. The molecule has 0 spiro atoms. The molecule has 1 aliphatic heterocycles. The second-order valence-electron chi connectivity index (χ2n) is 5.17. The molecule has 1 saturated heterocycles. The summed E-state index contributed by atoms with van der Waals surface area (Å²) in [6.45, 7) is 2.25. The molecule has 18 heavy (non-hydrogen) atoms. The SMILES string of the molecule is CCCc1cccc(C(NC)C2CCCCS2)c1. The van der Waals surface area contributed by atoms with E-state index in [1.807, 2.05) is 0 Å². The number of benzene rings is 1. The lowest BCUT2D eigenvalue weighted by Crippen LogP contribution is -2.29. The molecule has 1 aliphatic rings. The van der Waals surface area contributed by atoms with Crippen molar-refractivity contribution < 1.29 is 0 Å². The molecule has 0 radical (unpaired) electrons. The van der Waals surface area contributed by atoms with Crippen molar-refractivity contribution in [2.24, 2.45) is 0 Å². The number of rotatable bonds is 5. The maximum atomic E-state index is 3.54. The molecule has 0 saturated carbocycles. The maximum Gasteiger partial charge on any atom is 0.0438 e. The highest BCUT2D eigenvalue weighted by atomic mass is 32.2. The van der Waals surface area contributed by atoms with Crippen LogP contribution in [0.4, 0.5) is 0 Å². The van der Waals surface area contributed by atoms with E-state index in [4.69, 9.17) is 0 Å². The van der Waals surface area contributed by atoms with Gasteiger partial charge in [0.15, 0.2) is 0 Å². The molecule has 2 heteroatoms. The lowest BCUT2D eigenvalue weighted by molar-refractivity contribution is 0.516. The topological polar surface area (TPSA) is 12.0 Å². The van der Waals surface area contributed by atoms with Crippen LogP contribution < -0.4 is 5.32 Å². The Labute approximate surface area is 116 Å². The summed E-state index contributed by atoms with van der Waals surface area (Å²) in [4.78, 5) is 0. The summed E-state index contributed by atoms with van der Waals surface area (Å²) in [6.07, 6.45) is 6.57. The lowest BCUT2D eigenvalue weighted by Gasteiger charge is -2.30. The van der Waals surface area contributed by atoms with Crippen molar-refractivity contribution in [3.05, 3.63) is 35.4 Å². The highest BCUT2D eigenvalue weighted by Crippen LogP contribution is 2.34. The van der Waals surface area contributed by atoms with Gasteiger partial charge in [-0.2, -0.15) is 11.8 Å². The van der Waals surface area contributed by atoms with Crippen LogP contribution in [0, 0.1) is 0 Å². The minimum Gasteiger partial charge on any atom is -0.312 e. The molecule has 0 aromatic heterocycles. The molecule has 0 aliphatic carbocycles. The van der Waals surface area contributed by atoms with Crippen molar-refractivity contribution in [1.29, 1.82) is 0 Å². The zero-order valence-electron chi connectivity index (χ0n) is 11.6. The molecule has 0 bridgehead atoms. The zero-order chi connectivity index (χ0) is 12.8. The number of aryl methyl sites for hydroxylation is 1. The second-order valence-corrected chi connectivity index (χ2v) is 6.51. The van der Waals surface area contributed by atoms with Gasteiger partial charge in [0.05, 0.1) is 0 Å². The van der Waals surface area contributed by atoms with E-state index in [9.17, 15) is 0 Å². The summed E-state index contributed by atoms with van der Waals surface area (Å²) in [5.41, 5.74) is 2.96. The Bertz CT molecular complexity index is 358. The second kappa shape index (κ2) is 7.20. The number of hydrogen-bond donors (Lipinski definition) is 1. The first-order valence-electron chi connectivity index (χ1n) is 7.23. The molecule has 1 nitrogen and oxygen atoms in total. The van der Waals surface area contributed by atoms with Gasteiger partial charge in [0.2, 0.25) is 0 Å². The summed E-state index contributed by atoms with van der Waals surface area (Å²) in [7, 11) is 2.10. The standard InChI is InChI=1S/C16H25NS/c1-3-7-13-8-6-9-14(12-13)16(17-2)15-10-4-5-11-18-15/h6,8-9,12,15-17H,3-5,7,10-11H2,1-2H3. The fourth-order valence-corrected chi connectivity index (χ4v) is 4.32. The van der Waals surface area contributed by atoms with E-state index < -0.39 is 0 Å². The van der Waals surface area contributed by atoms with E-state index in [0.29, 0.717) is 6.04 Å². The first-order valence-corrected chi connectivity index (χ1v) is 8.27. The number of nitrogens with one attached hydrogen (secondary N) is 1. The fraction of sp³-hybridized carbons (Fsp3) is 0.625. The van der Waals surface area contributed by atoms with Crippen LogP contribution in [0.1, 0.15) is 49.8 Å². The van der Waals surface area contributed by atoms with Gasteiger partial charge in [-0.3, -0.25) is 0 Å². The third-order valence-corrected chi connectivity index (χ3v) is 5.21. The van der Waals surface area contributed by atoms with Gasteiger partial charge in [-0.15, -0.1) is 0 Å². The van der Waals surface area contributed by atoms with E-state index in [2.05, 4.69) is 55.3 Å². The van der Waals surface area contributed by atoms with Gasteiger partial charge in [0, 0.05) is 11.3 Å².